The van der Waals surface area contributed by atoms with Crippen LogP contribution in [0.5, 0.6) is 11.5 Å². The van der Waals surface area contributed by atoms with Crippen molar-refractivity contribution in [3.05, 3.63) is 39.9 Å². The number of H-pyrrole nitrogens is 1. The number of nitrogens with zero attached hydrogens (tertiary/aromatic N) is 6. The van der Waals surface area contributed by atoms with Crippen molar-refractivity contribution in [1.82, 2.24) is 35.0 Å². The molecular weight excluding hydrogens is 434 g/mol. The number of benzene rings is 1. The van der Waals surface area contributed by atoms with E-state index in [1.807, 2.05) is 22.9 Å². The summed E-state index contributed by atoms with van der Waals surface area (Å²) in [4.78, 5) is 21.3. The number of likely N-dealkylation sites (N-methyl/N-ethyl adjacent to an activating group) is 1. The molecule has 0 radical (unpaired) electrons. The molecule has 182 valence electrons. The van der Waals surface area contributed by atoms with Crippen molar-refractivity contribution in [2.45, 2.75) is 45.7 Å². The Labute approximate surface area is 198 Å². The molecule has 1 saturated heterocycles. The van der Waals surface area contributed by atoms with Crippen LogP contribution < -0.4 is 15.0 Å². The molecule has 1 N–H and O–H groups in total. The Bertz CT molecular complexity index is 1230. The van der Waals surface area contributed by atoms with Gasteiger partial charge in [-0.05, 0) is 49.4 Å². The zero-order valence-electron chi connectivity index (χ0n) is 20.4. The Kier molecular flexibility index (Phi) is 6.03. The average Bonchev–Trinajstić information content (AvgIpc) is 3.34. The van der Waals surface area contributed by atoms with E-state index < -0.39 is 0 Å². The van der Waals surface area contributed by atoms with E-state index in [1.54, 1.807) is 0 Å². The van der Waals surface area contributed by atoms with Crippen molar-refractivity contribution in [2.75, 3.05) is 45.9 Å². The maximum Gasteiger partial charge on any atom is 0.253 e. The van der Waals surface area contributed by atoms with Gasteiger partial charge in [0.1, 0.15) is 19.3 Å². The summed E-state index contributed by atoms with van der Waals surface area (Å²) in [5.41, 5.74) is 0.935. The van der Waals surface area contributed by atoms with E-state index in [4.69, 9.17) is 9.47 Å². The molecule has 5 rings (SSSR count). The monoisotopic (exact) mass is 467 g/mol. The lowest BCUT2D eigenvalue weighted by atomic mass is 9.98. The van der Waals surface area contributed by atoms with Crippen LogP contribution in [0.1, 0.15) is 51.5 Å². The molecular formula is C24H33N7O3. The first-order valence-corrected chi connectivity index (χ1v) is 12.1. The van der Waals surface area contributed by atoms with Crippen LogP contribution in [0.3, 0.4) is 0 Å². The highest BCUT2D eigenvalue weighted by molar-refractivity contribution is 5.83. The number of pyridine rings is 1. The Balaban J connectivity index is 1.64. The summed E-state index contributed by atoms with van der Waals surface area (Å²) in [7, 11) is 0. The van der Waals surface area contributed by atoms with Crippen molar-refractivity contribution >= 4 is 10.9 Å². The van der Waals surface area contributed by atoms with Crippen LogP contribution >= 0.6 is 0 Å². The Morgan fingerprint density at radius 2 is 1.76 bits per heavy atom. The standard InChI is InChI=1S/C24H33N7O3/c1-5-24(3,4)31-22(26-27-28-31)21(30-9-7-29(6-2)8-10-30)17-13-16-14-19-20(34-12-11-33-19)15-18(16)25-23(17)32/h13-15,21H,5-12H2,1-4H3,(H,25,32). The normalized spacial score (nSPS) is 18.4. The molecule has 1 atom stereocenters. The van der Waals surface area contributed by atoms with Crippen molar-refractivity contribution in [2.24, 2.45) is 0 Å². The van der Waals surface area contributed by atoms with E-state index >= 15 is 0 Å². The fourth-order valence-electron chi connectivity index (χ4n) is 4.75. The Morgan fingerprint density at radius 1 is 1.06 bits per heavy atom. The van der Waals surface area contributed by atoms with Crippen LogP contribution in [0.4, 0.5) is 0 Å². The molecule has 10 nitrogen and oxygen atoms in total. The summed E-state index contributed by atoms with van der Waals surface area (Å²) in [6.45, 7) is 14.1. The molecule has 2 aliphatic rings. The van der Waals surface area contributed by atoms with Crippen molar-refractivity contribution in [1.29, 1.82) is 0 Å². The van der Waals surface area contributed by atoms with E-state index in [2.05, 4.69) is 58.0 Å². The molecule has 10 heteroatoms. The van der Waals surface area contributed by atoms with Gasteiger partial charge in [0, 0.05) is 43.2 Å². The number of aromatic nitrogens is 5. The van der Waals surface area contributed by atoms with E-state index in [1.165, 1.54) is 0 Å². The van der Waals surface area contributed by atoms with Crippen molar-refractivity contribution in [3.8, 4) is 11.5 Å². The number of piperazine rings is 1. The van der Waals surface area contributed by atoms with E-state index in [9.17, 15) is 4.79 Å². The van der Waals surface area contributed by atoms with Gasteiger partial charge in [-0.3, -0.25) is 9.69 Å². The number of ether oxygens (including phenoxy) is 2. The van der Waals surface area contributed by atoms with E-state index in [0.29, 0.717) is 36.1 Å². The topological polar surface area (TPSA) is 101 Å². The van der Waals surface area contributed by atoms with Gasteiger partial charge in [0.2, 0.25) is 0 Å². The largest absolute Gasteiger partial charge is 0.486 e. The van der Waals surface area contributed by atoms with Crippen molar-refractivity contribution in [3.63, 3.8) is 0 Å². The minimum absolute atomic E-state index is 0.143. The molecule has 3 aromatic rings. The molecule has 0 amide bonds. The predicted octanol–water partition coefficient (Wildman–Crippen LogP) is 2.16. The minimum atomic E-state index is -0.360. The minimum Gasteiger partial charge on any atom is -0.486 e. The third kappa shape index (κ3) is 4.05. The second kappa shape index (κ2) is 8.99. The molecule has 2 aromatic heterocycles. The number of hydrogen-bond donors (Lipinski definition) is 1. The van der Waals surface area contributed by atoms with Crippen LogP contribution in [-0.2, 0) is 5.54 Å². The summed E-state index contributed by atoms with van der Waals surface area (Å²) in [6, 6.07) is 5.38. The van der Waals surface area contributed by atoms with Crippen LogP contribution in [0.25, 0.3) is 10.9 Å². The van der Waals surface area contributed by atoms with Gasteiger partial charge in [-0.2, -0.15) is 0 Å². The van der Waals surface area contributed by atoms with Crippen LogP contribution in [0, 0.1) is 0 Å². The summed E-state index contributed by atoms with van der Waals surface area (Å²) in [5.74, 6) is 2.05. The van der Waals surface area contributed by atoms with Gasteiger partial charge < -0.3 is 19.4 Å². The molecule has 4 heterocycles. The number of fused-ring (bicyclic) bond motifs is 2. The summed E-state index contributed by atoms with van der Waals surface area (Å²) in [6.07, 6.45) is 0.860. The Hall–Kier alpha value is -2.98. The number of hydrogen-bond acceptors (Lipinski definition) is 8. The predicted molar refractivity (Wildman–Crippen MR) is 129 cm³/mol. The molecule has 1 fully saturated rings. The number of tetrazole rings is 1. The maximum absolute atomic E-state index is 13.5. The van der Waals surface area contributed by atoms with Gasteiger partial charge in [0.05, 0.1) is 11.1 Å². The van der Waals surface area contributed by atoms with Gasteiger partial charge >= 0.3 is 0 Å². The van der Waals surface area contributed by atoms with E-state index in [-0.39, 0.29) is 17.1 Å². The second-order valence-corrected chi connectivity index (χ2v) is 9.62. The first kappa shape index (κ1) is 22.8. The molecule has 0 saturated carbocycles. The summed E-state index contributed by atoms with van der Waals surface area (Å²) in [5, 5.41) is 13.7. The van der Waals surface area contributed by atoms with Crippen molar-refractivity contribution < 1.29 is 9.47 Å². The highest BCUT2D eigenvalue weighted by Crippen LogP contribution is 2.36. The molecule has 1 unspecified atom stereocenters. The maximum atomic E-state index is 13.5. The van der Waals surface area contributed by atoms with Gasteiger partial charge in [-0.25, -0.2) is 4.68 Å². The third-order valence-electron chi connectivity index (χ3n) is 7.23. The molecule has 0 spiro atoms. The van der Waals surface area contributed by atoms with Gasteiger partial charge in [-0.15, -0.1) is 5.10 Å². The molecule has 2 aliphatic heterocycles. The number of nitrogens with one attached hydrogen (secondary N) is 1. The smallest absolute Gasteiger partial charge is 0.253 e. The first-order valence-electron chi connectivity index (χ1n) is 12.1. The van der Waals surface area contributed by atoms with E-state index in [0.717, 1.165) is 50.0 Å². The summed E-state index contributed by atoms with van der Waals surface area (Å²) < 4.78 is 13.4. The molecule has 0 bridgehead atoms. The highest BCUT2D eigenvalue weighted by atomic mass is 16.6. The van der Waals surface area contributed by atoms with Gasteiger partial charge in [0.25, 0.3) is 5.56 Å². The molecule has 34 heavy (non-hydrogen) atoms. The second-order valence-electron chi connectivity index (χ2n) is 9.62. The van der Waals surface area contributed by atoms with Gasteiger partial charge in [0.15, 0.2) is 17.3 Å². The third-order valence-corrected chi connectivity index (χ3v) is 7.23. The quantitative estimate of drug-likeness (QED) is 0.589. The van der Waals surface area contributed by atoms with Crippen LogP contribution in [0.15, 0.2) is 23.0 Å². The first-order chi connectivity index (χ1) is 16.4. The zero-order chi connectivity index (χ0) is 23.9. The SMILES string of the molecule is CCN1CCN(C(c2cc3cc4c(cc3[nH]c2=O)OCCO4)c2nnnn2C(C)(C)CC)CC1. The fraction of sp³-hybridized carbons (Fsp3) is 0.583. The molecule has 1 aromatic carbocycles. The lowest BCUT2D eigenvalue weighted by Gasteiger charge is -2.39. The lowest BCUT2D eigenvalue weighted by Crippen LogP contribution is -2.49. The van der Waals surface area contributed by atoms with Gasteiger partial charge in [-0.1, -0.05) is 13.8 Å². The van der Waals surface area contributed by atoms with Crippen LogP contribution in [0.2, 0.25) is 0 Å². The number of aromatic amines is 1. The number of rotatable bonds is 6. The average molecular weight is 468 g/mol. The molecule has 0 aliphatic carbocycles. The Morgan fingerprint density at radius 3 is 2.44 bits per heavy atom. The zero-order valence-corrected chi connectivity index (χ0v) is 20.4. The van der Waals surface area contributed by atoms with Crippen LogP contribution in [-0.4, -0.2) is 80.9 Å². The highest BCUT2D eigenvalue weighted by Gasteiger charge is 2.35. The summed E-state index contributed by atoms with van der Waals surface area (Å²) >= 11 is 0. The lowest BCUT2D eigenvalue weighted by molar-refractivity contribution is 0.105. The fourth-order valence-corrected chi connectivity index (χ4v) is 4.75.